The minimum absolute atomic E-state index is 0.00179. The van der Waals surface area contributed by atoms with Gasteiger partial charge in [-0.05, 0) is 48.6 Å². The fourth-order valence-electron chi connectivity index (χ4n) is 2.82. The van der Waals surface area contributed by atoms with Crippen molar-refractivity contribution in [3.05, 3.63) is 52.2 Å². The van der Waals surface area contributed by atoms with E-state index < -0.39 is 25.9 Å². The quantitative estimate of drug-likeness (QED) is 0.688. The largest absolute Gasteiger partial charge is 0.352 e. The van der Waals surface area contributed by atoms with E-state index in [2.05, 4.69) is 10.0 Å². The zero-order valence-electron chi connectivity index (χ0n) is 14.4. The third-order valence-electron chi connectivity index (χ3n) is 4.22. The summed E-state index contributed by atoms with van der Waals surface area (Å²) >= 11 is 1.63. The molecule has 1 aromatic carbocycles. The van der Waals surface area contributed by atoms with Crippen LogP contribution < -0.4 is 10.0 Å². The van der Waals surface area contributed by atoms with Crippen LogP contribution in [0.2, 0.25) is 0 Å². The summed E-state index contributed by atoms with van der Waals surface area (Å²) in [5.74, 6) is -0.466. The number of carbonyl (C=O) groups excluding carboxylic acids is 1. The lowest BCUT2D eigenvalue weighted by Crippen LogP contribution is -2.35. The van der Waals surface area contributed by atoms with Crippen LogP contribution in [0.3, 0.4) is 0 Å². The topological polar surface area (TPSA) is 109 Å². The molecule has 0 radical (unpaired) electrons. The molecule has 2 N–H and O–H groups in total. The van der Waals surface area contributed by atoms with Gasteiger partial charge in [0.05, 0.1) is 16.4 Å². The van der Waals surface area contributed by atoms with Crippen LogP contribution in [0.4, 0.5) is 0 Å². The van der Waals surface area contributed by atoms with Gasteiger partial charge >= 0.3 is 0 Å². The van der Waals surface area contributed by atoms with Crippen LogP contribution in [0.5, 0.6) is 0 Å². The van der Waals surface area contributed by atoms with Crippen molar-refractivity contribution >= 4 is 37.1 Å². The highest BCUT2D eigenvalue weighted by molar-refractivity contribution is 7.92. The Labute approximate surface area is 162 Å². The molecule has 1 amide bonds. The second-order valence-electron chi connectivity index (χ2n) is 6.33. The second kappa shape index (κ2) is 8.09. The van der Waals surface area contributed by atoms with Gasteiger partial charge in [0, 0.05) is 23.0 Å². The van der Waals surface area contributed by atoms with Crippen molar-refractivity contribution in [2.24, 2.45) is 0 Å². The molecule has 27 heavy (non-hydrogen) atoms. The van der Waals surface area contributed by atoms with Crippen LogP contribution in [0.25, 0.3) is 0 Å². The van der Waals surface area contributed by atoms with E-state index in [0.717, 1.165) is 6.42 Å². The summed E-state index contributed by atoms with van der Waals surface area (Å²) in [5.41, 5.74) is 0.364. The number of rotatable bonds is 7. The molecule has 1 atom stereocenters. The molecular weight excluding hydrogens is 408 g/mol. The van der Waals surface area contributed by atoms with Gasteiger partial charge in [-0.1, -0.05) is 6.07 Å². The van der Waals surface area contributed by atoms with Crippen LogP contribution in [0.1, 0.15) is 21.7 Å². The maximum absolute atomic E-state index is 12.4. The van der Waals surface area contributed by atoms with Crippen LogP contribution in [-0.4, -0.2) is 46.8 Å². The number of benzene rings is 1. The Bertz CT molecular complexity index is 997. The van der Waals surface area contributed by atoms with E-state index >= 15 is 0 Å². The average molecular weight is 429 g/mol. The molecule has 3 rings (SSSR count). The third-order valence-corrected chi connectivity index (χ3v) is 8.46. The number of thiophene rings is 1. The van der Waals surface area contributed by atoms with Crippen molar-refractivity contribution in [3.63, 3.8) is 0 Å². The Balaban J connectivity index is 1.57. The smallest absolute Gasteiger partial charge is 0.251 e. The summed E-state index contributed by atoms with van der Waals surface area (Å²) in [5, 5.41) is 4.78. The van der Waals surface area contributed by atoms with Gasteiger partial charge in [-0.15, -0.1) is 11.3 Å². The average Bonchev–Trinajstić information content (AvgIpc) is 3.24. The van der Waals surface area contributed by atoms with Crippen LogP contribution in [-0.2, 0) is 26.3 Å². The minimum atomic E-state index is -3.83. The van der Waals surface area contributed by atoms with E-state index in [9.17, 15) is 21.6 Å². The van der Waals surface area contributed by atoms with E-state index in [4.69, 9.17) is 0 Å². The summed E-state index contributed by atoms with van der Waals surface area (Å²) in [6.07, 6.45) is 1.01. The van der Waals surface area contributed by atoms with Crippen molar-refractivity contribution in [2.75, 3.05) is 18.1 Å². The number of carbonyl (C=O) groups is 1. The number of amides is 1. The molecule has 1 aliphatic heterocycles. The van der Waals surface area contributed by atoms with Crippen molar-refractivity contribution in [2.45, 2.75) is 23.8 Å². The first kappa shape index (κ1) is 20.0. The number of sulfonamides is 1. The Morgan fingerprint density at radius 1 is 1.19 bits per heavy atom. The number of hydrogen-bond donors (Lipinski definition) is 2. The molecule has 0 bridgehead atoms. The van der Waals surface area contributed by atoms with Gasteiger partial charge in [0.25, 0.3) is 5.91 Å². The lowest BCUT2D eigenvalue weighted by atomic mass is 10.2. The first-order valence-electron chi connectivity index (χ1n) is 8.39. The zero-order valence-corrected chi connectivity index (χ0v) is 16.9. The van der Waals surface area contributed by atoms with Gasteiger partial charge in [-0.25, -0.2) is 21.6 Å². The summed E-state index contributed by atoms with van der Waals surface area (Å²) < 4.78 is 50.1. The van der Waals surface area contributed by atoms with Gasteiger partial charge in [0.1, 0.15) is 0 Å². The lowest BCUT2D eigenvalue weighted by Gasteiger charge is -2.12. The SMILES string of the molecule is O=C(NCCc1cccs1)c1ccc(S(=O)(=O)NC2CCS(=O)(=O)C2)cc1. The summed E-state index contributed by atoms with van der Waals surface area (Å²) in [6.45, 7) is 0.497. The molecule has 0 saturated carbocycles. The maximum Gasteiger partial charge on any atom is 0.251 e. The van der Waals surface area contributed by atoms with Crippen LogP contribution in [0, 0.1) is 0 Å². The molecule has 10 heteroatoms. The van der Waals surface area contributed by atoms with E-state index in [0.29, 0.717) is 12.1 Å². The summed E-state index contributed by atoms with van der Waals surface area (Å²) in [4.78, 5) is 13.3. The molecular formula is C17H20N2O5S3. The summed E-state index contributed by atoms with van der Waals surface area (Å²) in [7, 11) is -7.00. The first-order chi connectivity index (χ1) is 12.8. The first-order valence-corrected chi connectivity index (χ1v) is 12.6. The van der Waals surface area contributed by atoms with Gasteiger partial charge in [0.15, 0.2) is 9.84 Å². The Morgan fingerprint density at radius 2 is 1.93 bits per heavy atom. The van der Waals surface area contributed by atoms with Gasteiger partial charge in [-0.3, -0.25) is 4.79 Å². The Hall–Kier alpha value is -1.75. The molecule has 1 fully saturated rings. The lowest BCUT2D eigenvalue weighted by molar-refractivity contribution is 0.0954. The molecule has 7 nitrogen and oxygen atoms in total. The Morgan fingerprint density at radius 3 is 2.52 bits per heavy atom. The highest BCUT2D eigenvalue weighted by atomic mass is 32.2. The molecule has 0 aliphatic carbocycles. The number of nitrogens with one attached hydrogen (secondary N) is 2. The van der Waals surface area contributed by atoms with Crippen molar-refractivity contribution in [1.29, 1.82) is 0 Å². The van der Waals surface area contributed by atoms with Crippen molar-refractivity contribution in [3.8, 4) is 0 Å². The fourth-order valence-corrected chi connectivity index (χ4v) is 6.58. The van der Waals surface area contributed by atoms with Crippen LogP contribution >= 0.6 is 11.3 Å². The predicted molar refractivity (Wildman–Crippen MR) is 104 cm³/mol. The molecule has 1 aromatic heterocycles. The molecule has 1 saturated heterocycles. The van der Waals surface area contributed by atoms with Gasteiger partial charge in [0.2, 0.25) is 10.0 Å². The molecule has 2 heterocycles. The maximum atomic E-state index is 12.4. The molecule has 2 aromatic rings. The predicted octanol–water partition coefficient (Wildman–Crippen LogP) is 1.19. The standard InChI is InChI=1S/C17H20N2O5S3/c20-17(18-9-7-15-2-1-10-25-15)13-3-5-16(6-4-13)27(23,24)19-14-8-11-26(21,22)12-14/h1-6,10,14,19H,7-9,11-12H2,(H,18,20). The van der Waals surface area contributed by atoms with Gasteiger partial charge in [-0.2, -0.15) is 0 Å². The van der Waals surface area contributed by atoms with Crippen LogP contribution in [0.15, 0.2) is 46.7 Å². The molecule has 146 valence electrons. The number of hydrogen-bond acceptors (Lipinski definition) is 6. The second-order valence-corrected chi connectivity index (χ2v) is 11.3. The normalized spacial score (nSPS) is 19.0. The van der Waals surface area contributed by atoms with E-state index in [-0.39, 0.29) is 28.7 Å². The van der Waals surface area contributed by atoms with E-state index in [1.54, 1.807) is 11.3 Å². The Kier molecular flexibility index (Phi) is 5.99. The molecule has 1 unspecified atom stereocenters. The summed E-state index contributed by atoms with van der Waals surface area (Å²) in [6, 6.07) is 8.93. The fraction of sp³-hybridized carbons (Fsp3) is 0.353. The molecule has 1 aliphatic rings. The third kappa shape index (κ3) is 5.38. The van der Waals surface area contributed by atoms with E-state index in [1.807, 2.05) is 17.5 Å². The van der Waals surface area contributed by atoms with Crippen molar-refractivity contribution < 1.29 is 21.6 Å². The zero-order chi connectivity index (χ0) is 19.5. The monoisotopic (exact) mass is 428 g/mol. The van der Waals surface area contributed by atoms with E-state index in [1.165, 1.54) is 29.1 Å². The van der Waals surface area contributed by atoms with Crippen molar-refractivity contribution in [1.82, 2.24) is 10.0 Å². The molecule has 0 spiro atoms. The number of sulfone groups is 1. The van der Waals surface area contributed by atoms with Gasteiger partial charge < -0.3 is 5.32 Å². The highest BCUT2D eigenvalue weighted by Crippen LogP contribution is 2.16. The highest BCUT2D eigenvalue weighted by Gasteiger charge is 2.31. The minimum Gasteiger partial charge on any atom is -0.352 e.